The van der Waals surface area contributed by atoms with Crippen LogP contribution in [0.15, 0.2) is 22.7 Å². The van der Waals surface area contributed by atoms with Gasteiger partial charge < -0.3 is 14.4 Å². The van der Waals surface area contributed by atoms with Crippen LogP contribution in [0.25, 0.3) is 0 Å². The van der Waals surface area contributed by atoms with Crippen LogP contribution in [0.4, 0.5) is 0 Å². The van der Waals surface area contributed by atoms with Crippen molar-refractivity contribution in [3.8, 4) is 5.75 Å². The number of benzene rings is 1. The second-order valence-electron chi connectivity index (χ2n) is 4.28. The largest absolute Gasteiger partial charge is 0.496 e. The molecule has 1 aliphatic heterocycles. The Morgan fingerprint density at radius 3 is 3.00 bits per heavy atom. The molecule has 2 rings (SSSR count). The Kier molecular flexibility index (Phi) is 4.24. The molecule has 0 unspecified atom stereocenters. The Bertz CT molecular complexity index is 450. The Balaban J connectivity index is 2.22. The van der Waals surface area contributed by atoms with Gasteiger partial charge in [0.05, 0.1) is 25.4 Å². The minimum atomic E-state index is -0.00509. The third-order valence-corrected chi connectivity index (χ3v) is 3.42. The maximum absolute atomic E-state index is 12.4. The summed E-state index contributed by atoms with van der Waals surface area (Å²) >= 11 is 3.37. The lowest BCUT2D eigenvalue weighted by atomic mass is 10.1. The molecule has 0 spiro atoms. The molecule has 0 bridgehead atoms. The number of halogens is 1. The van der Waals surface area contributed by atoms with E-state index in [9.17, 15) is 4.79 Å². The third kappa shape index (κ3) is 2.84. The molecule has 0 radical (unpaired) electrons. The fourth-order valence-corrected chi connectivity index (χ4v) is 2.36. The van der Waals surface area contributed by atoms with E-state index < -0.39 is 0 Å². The summed E-state index contributed by atoms with van der Waals surface area (Å²) in [7, 11) is 1.57. The van der Waals surface area contributed by atoms with Crippen LogP contribution in [-0.2, 0) is 4.74 Å². The van der Waals surface area contributed by atoms with E-state index in [0.29, 0.717) is 31.0 Å². The van der Waals surface area contributed by atoms with Crippen molar-refractivity contribution < 1.29 is 14.3 Å². The molecule has 98 valence electrons. The number of carbonyl (C=O) groups is 1. The van der Waals surface area contributed by atoms with Crippen molar-refractivity contribution >= 4 is 21.8 Å². The molecular formula is C13H16BrNO3. The van der Waals surface area contributed by atoms with Gasteiger partial charge in [0.1, 0.15) is 5.75 Å². The minimum Gasteiger partial charge on any atom is -0.496 e. The molecule has 1 amide bonds. The topological polar surface area (TPSA) is 38.8 Å². The van der Waals surface area contributed by atoms with Crippen molar-refractivity contribution in [2.75, 3.05) is 26.8 Å². The van der Waals surface area contributed by atoms with Gasteiger partial charge in [-0.2, -0.15) is 0 Å². The van der Waals surface area contributed by atoms with Gasteiger partial charge in [0.2, 0.25) is 0 Å². The highest BCUT2D eigenvalue weighted by atomic mass is 79.9. The summed E-state index contributed by atoms with van der Waals surface area (Å²) in [5.74, 6) is 0.586. The normalized spacial score (nSPS) is 19.7. The molecule has 1 heterocycles. The lowest BCUT2D eigenvalue weighted by Crippen LogP contribution is -2.44. The van der Waals surface area contributed by atoms with E-state index in [1.807, 2.05) is 13.0 Å². The Hall–Kier alpha value is -1.07. The molecular weight excluding hydrogens is 298 g/mol. The summed E-state index contributed by atoms with van der Waals surface area (Å²) in [5.41, 5.74) is 0.592. The van der Waals surface area contributed by atoms with Gasteiger partial charge in [0.25, 0.3) is 5.91 Å². The number of nitrogens with zero attached hydrogens (tertiary/aromatic N) is 1. The van der Waals surface area contributed by atoms with Crippen molar-refractivity contribution in [2.45, 2.75) is 13.0 Å². The van der Waals surface area contributed by atoms with Crippen LogP contribution < -0.4 is 4.74 Å². The summed E-state index contributed by atoms with van der Waals surface area (Å²) in [4.78, 5) is 14.2. The molecule has 18 heavy (non-hydrogen) atoms. The monoisotopic (exact) mass is 313 g/mol. The first kappa shape index (κ1) is 13.4. The highest BCUT2D eigenvalue weighted by Crippen LogP contribution is 2.25. The van der Waals surface area contributed by atoms with Crippen molar-refractivity contribution in [3.05, 3.63) is 28.2 Å². The second kappa shape index (κ2) is 5.71. The molecule has 5 heteroatoms. The van der Waals surface area contributed by atoms with Gasteiger partial charge in [-0.25, -0.2) is 0 Å². The van der Waals surface area contributed by atoms with Crippen LogP contribution in [0.3, 0.4) is 0 Å². The van der Waals surface area contributed by atoms with Gasteiger partial charge in [-0.15, -0.1) is 0 Å². The lowest BCUT2D eigenvalue weighted by Gasteiger charge is -2.31. The van der Waals surface area contributed by atoms with E-state index in [-0.39, 0.29) is 12.0 Å². The Morgan fingerprint density at radius 2 is 2.33 bits per heavy atom. The molecule has 0 N–H and O–H groups in total. The number of ether oxygens (including phenoxy) is 2. The van der Waals surface area contributed by atoms with E-state index in [1.54, 1.807) is 24.1 Å². The molecule has 1 aliphatic rings. The van der Waals surface area contributed by atoms with Gasteiger partial charge in [-0.1, -0.05) is 15.9 Å². The van der Waals surface area contributed by atoms with E-state index in [1.165, 1.54) is 0 Å². The van der Waals surface area contributed by atoms with Crippen molar-refractivity contribution in [2.24, 2.45) is 0 Å². The standard InChI is InChI=1S/C13H16BrNO3/c1-9-8-15(5-6-18-9)13(16)11-4-3-10(14)7-12(11)17-2/h3-4,7,9H,5-6,8H2,1-2H3/t9-/m0/s1. The summed E-state index contributed by atoms with van der Waals surface area (Å²) < 4.78 is 11.6. The first-order valence-corrected chi connectivity index (χ1v) is 6.65. The summed E-state index contributed by atoms with van der Waals surface area (Å²) in [6.07, 6.45) is 0.0872. The average Bonchev–Trinajstić information content (AvgIpc) is 2.37. The third-order valence-electron chi connectivity index (χ3n) is 2.92. The van der Waals surface area contributed by atoms with E-state index in [0.717, 1.165) is 4.47 Å². The number of rotatable bonds is 2. The molecule has 0 aromatic heterocycles. The Labute approximate surface area is 115 Å². The highest BCUT2D eigenvalue weighted by molar-refractivity contribution is 9.10. The highest BCUT2D eigenvalue weighted by Gasteiger charge is 2.24. The summed E-state index contributed by atoms with van der Waals surface area (Å²) in [6, 6.07) is 5.43. The molecule has 1 aromatic rings. The zero-order valence-corrected chi connectivity index (χ0v) is 12.1. The fourth-order valence-electron chi connectivity index (χ4n) is 2.01. The van der Waals surface area contributed by atoms with Crippen LogP contribution in [0.5, 0.6) is 5.75 Å². The van der Waals surface area contributed by atoms with Crippen molar-refractivity contribution in [3.63, 3.8) is 0 Å². The maximum atomic E-state index is 12.4. The zero-order chi connectivity index (χ0) is 13.1. The molecule has 1 atom stereocenters. The van der Waals surface area contributed by atoms with Gasteiger partial charge in [-0.3, -0.25) is 4.79 Å². The molecule has 0 aliphatic carbocycles. The number of carbonyl (C=O) groups excluding carboxylic acids is 1. The van der Waals surface area contributed by atoms with Gasteiger partial charge >= 0.3 is 0 Å². The number of hydrogen-bond donors (Lipinski definition) is 0. The number of hydrogen-bond acceptors (Lipinski definition) is 3. The van der Waals surface area contributed by atoms with Gasteiger partial charge in [0, 0.05) is 17.6 Å². The smallest absolute Gasteiger partial charge is 0.257 e. The zero-order valence-electron chi connectivity index (χ0n) is 10.5. The van der Waals surface area contributed by atoms with Gasteiger partial charge in [0.15, 0.2) is 0 Å². The van der Waals surface area contributed by atoms with Crippen molar-refractivity contribution in [1.82, 2.24) is 4.90 Å². The number of morpholine rings is 1. The summed E-state index contributed by atoms with van der Waals surface area (Å²) in [6.45, 7) is 3.81. The van der Waals surface area contributed by atoms with Crippen LogP contribution in [0.2, 0.25) is 0 Å². The minimum absolute atomic E-state index is 0.00509. The SMILES string of the molecule is COc1cc(Br)ccc1C(=O)N1CCO[C@@H](C)C1. The summed E-state index contributed by atoms with van der Waals surface area (Å²) in [5, 5.41) is 0. The second-order valence-corrected chi connectivity index (χ2v) is 5.19. The number of methoxy groups -OCH3 is 1. The molecule has 0 saturated carbocycles. The van der Waals surface area contributed by atoms with Crippen LogP contribution in [0.1, 0.15) is 17.3 Å². The van der Waals surface area contributed by atoms with E-state index in [2.05, 4.69) is 15.9 Å². The molecule has 1 aromatic carbocycles. The molecule has 4 nitrogen and oxygen atoms in total. The van der Waals surface area contributed by atoms with Crippen LogP contribution >= 0.6 is 15.9 Å². The number of amides is 1. The quantitative estimate of drug-likeness (QED) is 0.841. The van der Waals surface area contributed by atoms with E-state index in [4.69, 9.17) is 9.47 Å². The first-order valence-electron chi connectivity index (χ1n) is 5.86. The average molecular weight is 314 g/mol. The fraction of sp³-hybridized carbons (Fsp3) is 0.462. The van der Waals surface area contributed by atoms with E-state index >= 15 is 0 Å². The lowest BCUT2D eigenvalue weighted by molar-refractivity contribution is -0.0125. The van der Waals surface area contributed by atoms with Crippen molar-refractivity contribution in [1.29, 1.82) is 0 Å². The first-order chi connectivity index (χ1) is 8.61. The molecule has 1 fully saturated rings. The van der Waals surface area contributed by atoms with Crippen LogP contribution in [-0.4, -0.2) is 43.7 Å². The maximum Gasteiger partial charge on any atom is 0.257 e. The van der Waals surface area contributed by atoms with Crippen LogP contribution in [0, 0.1) is 0 Å². The predicted octanol–water partition coefficient (Wildman–Crippen LogP) is 2.32. The molecule has 1 saturated heterocycles. The Morgan fingerprint density at radius 1 is 1.56 bits per heavy atom. The predicted molar refractivity (Wildman–Crippen MR) is 72.0 cm³/mol. The van der Waals surface area contributed by atoms with Gasteiger partial charge in [-0.05, 0) is 25.1 Å².